The van der Waals surface area contributed by atoms with Crippen molar-refractivity contribution in [2.75, 3.05) is 0 Å². The lowest BCUT2D eigenvalue weighted by Gasteiger charge is -2.07. The van der Waals surface area contributed by atoms with Crippen LogP contribution < -0.4 is 5.32 Å². The molecule has 5 heteroatoms. The van der Waals surface area contributed by atoms with Gasteiger partial charge in [0, 0.05) is 12.1 Å². The highest BCUT2D eigenvalue weighted by Crippen LogP contribution is 2.25. The molecule has 0 radical (unpaired) electrons. The van der Waals surface area contributed by atoms with E-state index in [2.05, 4.69) is 16.5 Å². The van der Waals surface area contributed by atoms with Crippen molar-refractivity contribution in [1.29, 1.82) is 0 Å². The lowest BCUT2D eigenvalue weighted by atomic mass is 10.0. The Bertz CT molecular complexity index is 1120. The minimum atomic E-state index is -0.346. The Labute approximate surface area is 155 Å². The zero-order chi connectivity index (χ0) is 18.8. The van der Waals surface area contributed by atoms with E-state index in [0.717, 1.165) is 16.3 Å². The van der Waals surface area contributed by atoms with Crippen LogP contribution in [0.15, 0.2) is 71.3 Å². The van der Waals surface area contributed by atoms with E-state index in [4.69, 9.17) is 4.52 Å². The molecule has 0 unspecified atom stereocenters. The van der Waals surface area contributed by atoms with E-state index in [1.165, 1.54) is 12.1 Å². The van der Waals surface area contributed by atoms with Crippen molar-refractivity contribution in [2.45, 2.75) is 13.5 Å². The highest BCUT2D eigenvalue weighted by atomic mass is 19.1. The van der Waals surface area contributed by atoms with Crippen LogP contribution in [-0.2, 0) is 6.54 Å². The molecule has 0 aliphatic rings. The molecular weight excluding hydrogens is 343 g/mol. The van der Waals surface area contributed by atoms with E-state index in [9.17, 15) is 9.18 Å². The van der Waals surface area contributed by atoms with Crippen LogP contribution in [-0.4, -0.2) is 11.1 Å². The third-order valence-corrected chi connectivity index (χ3v) is 4.47. The lowest BCUT2D eigenvalue weighted by molar-refractivity contribution is 0.0950. The smallest absolute Gasteiger partial charge is 0.257 e. The van der Waals surface area contributed by atoms with Crippen LogP contribution in [0.3, 0.4) is 0 Å². The summed E-state index contributed by atoms with van der Waals surface area (Å²) in [6.07, 6.45) is 0. The van der Waals surface area contributed by atoms with Crippen molar-refractivity contribution in [3.05, 3.63) is 89.4 Å². The molecule has 0 saturated heterocycles. The maximum Gasteiger partial charge on any atom is 0.257 e. The molecule has 0 aliphatic heterocycles. The Balaban J connectivity index is 1.56. The molecule has 0 atom stereocenters. The van der Waals surface area contributed by atoms with Crippen LogP contribution in [0.1, 0.15) is 21.7 Å². The van der Waals surface area contributed by atoms with Crippen LogP contribution in [0.25, 0.3) is 22.0 Å². The molecule has 0 spiro atoms. The number of amides is 1. The van der Waals surface area contributed by atoms with Gasteiger partial charge in [-0.3, -0.25) is 4.79 Å². The van der Waals surface area contributed by atoms with Gasteiger partial charge in [0.15, 0.2) is 0 Å². The van der Waals surface area contributed by atoms with E-state index >= 15 is 0 Å². The first-order valence-electron chi connectivity index (χ1n) is 8.60. The fourth-order valence-electron chi connectivity index (χ4n) is 3.06. The lowest BCUT2D eigenvalue weighted by Crippen LogP contribution is -2.23. The molecule has 3 aromatic carbocycles. The summed E-state index contributed by atoms with van der Waals surface area (Å²) in [5.74, 6) is -0.201. The fourth-order valence-corrected chi connectivity index (χ4v) is 3.06. The minimum Gasteiger partial charge on any atom is -0.360 e. The average molecular weight is 360 g/mol. The quantitative estimate of drug-likeness (QED) is 0.565. The van der Waals surface area contributed by atoms with Crippen LogP contribution in [0.5, 0.6) is 0 Å². The second-order valence-electron chi connectivity index (χ2n) is 6.33. The monoisotopic (exact) mass is 360 g/mol. The van der Waals surface area contributed by atoms with Gasteiger partial charge in [0.05, 0.1) is 0 Å². The molecule has 4 aromatic rings. The van der Waals surface area contributed by atoms with Gasteiger partial charge in [-0.1, -0.05) is 41.6 Å². The van der Waals surface area contributed by atoms with Crippen LogP contribution in [0, 0.1) is 12.7 Å². The van der Waals surface area contributed by atoms with Gasteiger partial charge in [-0.25, -0.2) is 4.39 Å². The maximum absolute atomic E-state index is 13.2. The predicted molar refractivity (Wildman–Crippen MR) is 102 cm³/mol. The molecule has 1 aromatic heterocycles. The highest BCUT2D eigenvalue weighted by molar-refractivity contribution is 6.00. The largest absolute Gasteiger partial charge is 0.360 e. The van der Waals surface area contributed by atoms with E-state index in [0.29, 0.717) is 29.1 Å². The van der Waals surface area contributed by atoms with Gasteiger partial charge in [0.2, 0.25) is 0 Å². The SMILES string of the molecule is Cc1onc(-c2ccc(F)cc2)c1C(=O)NCc1ccc2ccccc2c1. The number of hydrogen-bond donors (Lipinski definition) is 1. The van der Waals surface area contributed by atoms with Crippen LogP contribution in [0.2, 0.25) is 0 Å². The van der Waals surface area contributed by atoms with E-state index < -0.39 is 0 Å². The summed E-state index contributed by atoms with van der Waals surface area (Å²) in [5.41, 5.74) is 2.40. The van der Waals surface area contributed by atoms with E-state index in [1.54, 1.807) is 19.1 Å². The molecule has 1 amide bonds. The van der Waals surface area contributed by atoms with Gasteiger partial charge in [-0.2, -0.15) is 0 Å². The Morgan fingerprint density at radius 2 is 1.78 bits per heavy atom. The molecule has 134 valence electrons. The number of carbonyl (C=O) groups excluding carboxylic acids is 1. The molecule has 4 nitrogen and oxygen atoms in total. The second kappa shape index (κ2) is 7.03. The van der Waals surface area contributed by atoms with E-state index in [1.807, 2.05) is 36.4 Å². The summed E-state index contributed by atoms with van der Waals surface area (Å²) in [6, 6.07) is 20.0. The fraction of sp³-hybridized carbons (Fsp3) is 0.0909. The summed E-state index contributed by atoms with van der Waals surface area (Å²) in [7, 11) is 0. The third-order valence-electron chi connectivity index (χ3n) is 4.47. The number of halogens is 1. The Kier molecular flexibility index (Phi) is 4.42. The van der Waals surface area contributed by atoms with Crippen molar-refractivity contribution < 1.29 is 13.7 Å². The number of carbonyl (C=O) groups is 1. The number of nitrogens with one attached hydrogen (secondary N) is 1. The normalized spacial score (nSPS) is 10.9. The maximum atomic E-state index is 13.2. The van der Waals surface area contributed by atoms with Gasteiger partial charge in [-0.05, 0) is 53.6 Å². The summed E-state index contributed by atoms with van der Waals surface area (Å²) in [5, 5.41) is 9.17. The molecule has 27 heavy (non-hydrogen) atoms. The summed E-state index contributed by atoms with van der Waals surface area (Å²) in [6.45, 7) is 2.07. The molecule has 0 saturated carbocycles. The van der Waals surface area contributed by atoms with Crippen molar-refractivity contribution in [2.24, 2.45) is 0 Å². The third kappa shape index (κ3) is 3.44. The van der Waals surface area contributed by atoms with Gasteiger partial charge >= 0.3 is 0 Å². The van der Waals surface area contributed by atoms with Crippen LogP contribution in [0.4, 0.5) is 4.39 Å². The number of aryl methyl sites for hydroxylation is 1. The standard InChI is InChI=1S/C22H17FN2O2/c1-14-20(21(25-27-14)17-8-10-19(23)11-9-17)22(26)24-13-15-6-7-16-4-2-3-5-18(16)12-15/h2-12H,13H2,1H3,(H,24,26). The molecule has 4 rings (SSSR count). The topological polar surface area (TPSA) is 55.1 Å². The Morgan fingerprint density at radius 3 is 2.56 bits per heavy atom. The minimum absolute atomic E-state index is 0.277. The molecule has 0 fully saturated rings. The van der Waals surface area contributed by atoms with Gasteiger partial charge < -0.3 is 9.84 Å². The number of hydrogen-bond acceptors (Lipinski definition) is 3. The zero-order valence-corrected chi connectivity index (χ0v) is 14.7. The molecule has 0 aliphatic carbocycles. The number of nitrogens with zero attached hydrogens (tertiary/aromatic N) is 1. The van der Waals surface area contributed by atoms with Crippen molar-refractivity contribution >= 4 is 16.7 Å². The average Bonchev–Trinajstić information content (AvgIpc) is 3.08. The Morgan fingerprint density at radius 1 is 1.04 bits per heavy atom. The summed E-state index contributed by atoms with van der Waals surface area (Å²) < 4.78 is 18.4. The first-order chi connectivity index (χ1) is 13.1. The summed E-state index contributed by atoms with van der Waals surface area (Å²) in [4.78, 5) is 12.7. The predicted octanol–water partition coefficient (Wildman–Crippen LogP) is 4.87. The molecule has 0 bridgehead atoms. The Hall–Kier alpha value is -3.47. The van der Waals surface area contributed by atoms with Crippen molar-refractivity contribution in [3.8, 4) is 11.3 Å². The summed E-state index contributed by atoms with van der Waals surface area (Å²) >= 11 is 0. The van der Waals surface area contributed by atoms with Gasteiger partial charge in [0.1, 0.15) is 22.8 Å². The first kappa shape index (κ1) is 17.0. The zero-order valence-electron chi connectivity index (χ0n) is 14.7. The van der Waals surface area contributed by atoms with Gasteiger partial charge in [0.25, 0.3) is 5.91 Å². The van der Waals surface area contributed by atoms with Gasteiger partial charge in [-0.15, -0.1) is 0 Å². The number of rotatable bonds is 4. The highest BCUT2D eigenvalue weighted by Gasteiger charge is 2.21. The second-order valence-corrected chi connectivity index (χ2v) is 6.33. The van der Waals surface area contributed by atoms with E-state index in [-0.39, 0.29) is 11.7 Å². The molecule has 1 N–H and O–H groups in total. The molecular formula is C22H17FN2O2. The van der Waals surface area contributed by atoms with Crippen molar-refractivity contribution in [3.63, 3.8) is 0 Å². The number of benzene rings is 3. The molecule has 1 heterocycles. The number of fused-ring (bicyclic) bond motifs is 1. The number of aromatic nitrogens is 1. The van der Waals surface area contributed by atoms with Crippen LogP contribution >= 0.6 is 0 Å². The van der Waals surface area contributed by atoms with Crippen molar-refractivity contribution in [1.82, 2.24) is 10.5 Å². The first-order valence-corrected chi connectivity index (χ1v) is 8.60.